The molecule has 2 unspecified atom stereocenters. The van der Waals surface area contributed by atoms with Crippen LogP contribution >= 0.6 is 0 Å². The summed E-state index contributed by atoms with van der Waals surface area (Å²) in [5.41, 5.74) is 2.81. The summed E-state index contributed by atoms with van der Waals surface area (Å²) in [5.74, 6) is -1.86. The number of nitrogens with one attached hydrogen (secondary N) is 2. The average molecular weight is 533 g/mol. The number of aryl methyl sites for hydroxylation is 1. The standard InChI is InChI=1S/C29H32N4O6/c1-18(2)16-22(32-29(37)38)26(35)30-21(13-12-19-8-4-3-5-9-19)25(34)27-31-23(17-39-27)28(36)33-15-14-20-10-6-7-11-24(20)33/h3-11,17-18,21-22,32H,12-16H2,1-2H3,(H,30,35)(H,37,38). The van der Waals surface area contributed by atoms with Gasteiger partial charge in [0, 0.05) is 12.2 Å². The number of hydrogen-bond donors (Lipinski definition) is 3. The number of fused-ring (bicyclic) bond motifs is 1. The third-order valence-electron chi connectivity index (χ3n) is 6.59. The van der Waals surface area contributed by atoms with Crippen LogP contribution in [0.1, 0.15) is 59.0 Å². The summed E-state index contributed by atoms with van der Waals surface area (Å²) in [6.45, 7) is 4.23. The molecule has 1 aliphatic rings. The van der Waals surface area contributed by atoms with Crippen LogP contribution in [0.4, 0.5) is 10.5 Å². The van der Waals surface area contributed by atoms with Gasteiger partial charge in [-0.2, -0.15) is 0 Å². The minimum atomic E-state index is -1.33. The van der Waals surface area contributed by atoms with Gasteiger partial charge in [0.15, 0.2) is 5.69 Å². The number of hydrogen-bond acceptors (Lipinski definition) is 6. The molecule has 1 aliphatic heterocycles. The fourth-order valence-corrected chi connectivity index (χ4v) is 4.67. The monoisotopic (exact) mass is 532 g/mol. The number of nitrogens with zero attached hydrogens (tertiary/aromatic N) is 2. The van der Waals surface area contributed by atoms with Crippen molar-refractivity contribution >= 4 is 29.4 Å². The molecule has 204 valence electrons. The molecule has 0 radical (unpaired) electrons. The van der Waals surface area contributed by atoms with Crippen LogP contribution in [0, 0.1) is 5.92 Å². The number of amides is 3. The number of rotatable bonds is 11. The molecule has 2 atom stereocenters. The molecule has 0 spiro atoms. The van der Waals surface area contributed by atoms with Crippen molar-refractivity contribution in [2.24, 2.45) is 5.92 Å². The summed E-state index contributed by atoms with van der Waals surface area (Å²) in [7, 11) is 0. The zero-order chi connectivity index (χ0) is 27.9. The normalized spacial score (nSPS) is 14.0. The average Bonchev–Trinajstić information content (AvgIpc) is 3.58. The highest BCUT2D eigenvalue weighted by molar-refractivity contribution is 6.07. The summed E-state index contributed by atoms with van der Waals surface area (Å²) in [5, 5.41) is 14.1. The lowest BCUT2D eigenvalue weighted by Gasteiger charge is -2.22. The maximum atomic E-state index is 13.5. The Morgan fingerprint density at radius 1 is 1.00 bits per heavy atom. The van der Waals surface area contributed by atoms with E-state index >= 15 is 0 Å². The first-order chi connectivity index (χ1) is 18.7. The first-order valence-electron chi connectivity index (χ1n) is 13.0. The van der Waals surface area contributed by atoms with Gasteiger partial charge in [-0.1, -0.05) is 62.4 Å². The lowest BCUT2D eigenvalue weighted by molar-refractivity contribution is -0.124. The first kappa shape index (κ1) is 27.6. The van der Waals surface area contributed by atoms with Gasteiger partial charge in [0.1, 0.15) is 12.3 Å². The van der Waals surface area contributed by atoms with Crippen molar-refractivity contribution in [2.75, 3.05) is 11.4 Å². The first-order valence-corrected chi connectivity index (χ1v) is 13.0. The van der Waals surface area contributed by atoms with E-state index in [1.165, 1.54) is 0 Å². The molecule has 0 saturated carbocycles. The molecule has 4 rings (SSSR count). The van der Waals surface area contributed by atoms with E-state index in [1.807, 2.05) is 68.4 Å². The Kier molecular flexibility index (Phi) is 8.75. The molecular formula is C29H32N4O6. The molecule has 2 heterocycles. The number of para-hydroxylation sites is 1. The molecule has 3 N–H and O–H groups in total. The van der Waals surface area contributed by atoms with Crippen LogP contribution in [0.15, 0.2) is 65.3 Å². The van der Waals surface area contributed by atoms with Gasteiger partial charge in [-0.25, -0.2) is 9.78 Å². The number of carbonyl (C=O) groups is 4. The molecule has 3 amide bonds. The van der Waals surface area contributed by atoms with E-state index < -0.39 is 29.9 Å². The summed E-state index contributed by atoms with van der Waals surface area (Å²) in [4.78, 5) is 56.8. The van der Waals surface area contributed by atoms with E-state index in [4.69, 9.17) is 4.42 Å². The highest BCUT2D eigenvalue weighted by Gasteiger charge is 2.32. The number of aromatic nitrogens is 1. The SMILES string of the molecule is CC(C)CC(NC(=O)O)C(=O)NC(CCc1ccccc1)C(=O)c1nc(C(=O)N2CCc3ccccc32)co1. The van der Waals surface area contributed by atoms with Crippen molar-refractivity contribution in [3.8, 4) is 0 Å². The van der Waals surface area contributed by atoms with E-state index in [1.54, 1.807) is 4.90 Å². The van der Waals surface area contributed by atoms with Gasteiger partial charge >= 0.3 is 6.09 Å². The van der Waals surface area contributed by atoms with Crippen LogP contribution in [0.2, 0.25) is 0 Å². The van der Waals surface area contributed by atoms with Crippen LogP contribution in [-0.2, 0) is 17.6 Å². The van der Waals surface area contributed by atoms with Gasteiger partial charge in [-0.05, 0) is 48.8 Å². The van der Waals surface area contributed by atoms with Crippen molar-refractivity contribution in [1.29, 1.82) is 0 Å². The van der Waals surface area contributed by atoms with Crippen LogP contribution in [-0.4, -0.2) is 52.4 Å². The smallest absolute Gasteiger partial charge is 0.405 e. The van der Waals surface area contributed by atoms with E-state index in [0.717, 1.165) is 29.5 Å². The molecule has 1 aromatic heterocycles. The van der Waals surface area contributed by atoms with Crippen molar-refractivity contribution < 1.29 is 28.7 Å². The molecule has 2 aromatic carbocycles. The second-order valence-corrected chi connectivity index (χ2v) is 9.95. The van der Waals surface area contributed by atoms with Gasteiger partial charge in [0.25, 0.3) is 11.8 Å². The van der Waals surface area contributed by atoms with E-state index in [0.29, 0.717) is 13.0 Å². The van der Waals surface area contributed by atoms with Crippen molar-refractivity contribution in [3.05, 3.63) is 83.6 Å². The van der Waals surface area contributed by atoms with Crippen LogP contribution in [0.5, 0.6) is 0 Å². The van der Waals surface area contributed by atoms with Crippen LogP contribution in [0.3, 0.4) is 0 Å². The van der Waals surface area contributed by atoms with E-state index in [9.17, 15) is 24.3 Å². The number of anilines is 1. The molecule has 0 bridgehead atoms. The third kappa shape index (κ3) is 6.90. The minimum Gasteiger partial charge on any atom is -0.465 e. The Morgan fingerprint density at radius 3 is 2.44 bits per heavy atom. The highest BCUT2D eigenvalue weighted by Crippen LogP contribution is 2.28. The fraction of sp³-hybridized carbons (Fsp3) is 0.345. The number of Topliss-reactive ketones (excluding diaryl/α,β-unsaturated/α-hetero) is 1. The Balaban J connectivity index is 1.53. The Morgan fingerprint density at radius 2 is 1.72 bits per heavy atom. The topological polar surface area (TPSA) is 142 Å². The Hall–Kier alpha value is -4.47. The summed E-state index contributed by atoms with van der Waals surface area (Å²) in [6.07, 6.45) is 1.49. The lowest BCUT2D eigenvalue weighted by atomic mass is 9.99. The summed E-state index contributed by atoms with van der Waals surface area (Å²) < 4.78 is 5.43. The molecule has 0 aliphatic carbocycles. The maximum Gasteiger partial charge on any atom is 0.405 e. The van der Waals surface area contributed by atoms with Crippen molar-refractivity contribution in [3.63, 3.8) is 0 Å². The zero-order valence-corrected chi connectivity index (χ0v) is 21.9. The minimum absolute atomic E-state index is 0.00610. The molecule has 3 aromatic rings. The van der Waals surface area contributed by atoms with Crippen molar-refractivity contribution in [1.82, 2.24) is 15.6 Å². The summed E-state index contributed by atoms with van der Waals surface area (Å²) >= 11 is 0. The van der Waals surface area contributed by atoms with E-state index in [2.05, 4.69) is 15.6 Å². The van der Waals surface area contributed by atoms with Gasteiger partial charge in [-0.3, -0.25) is 14.4 Å². The maximum absolute atomic E-state index is 13.5. The molecule has 0 fully saturated rings. The fourth-order valence-electron chi connectivity index (χ4n) is 4.67. The van der Waals surface area contributed by atoms with Crippen molar-refractivity contribution in [2.45, 2.75) is 51.6 Å². The summed E-state index contributed by atoms with van der Waals surface area (Å²) in [6, 6.07) is 15.0. The van der Waals surface area contributed by atoms with Gasteiger partial charge in [-0.15, -0.1) is 0 Å². The second-order valence-electron chi connectivity index (χ2n) is 9.95. The van der Waals surface area contributed by atoms with Gasteiger partial charge in [0.2, 0.25) is 11.7 Å². The van der Waals surface area contributed by atoms with Gasteiger partial charge < -0.3 is 25.1 Å². The number of carboxylic acid groups (broad SMARTS) is 1. The lowest BCUT2D eigenvalue weighted by Crippen LogP contribution is -2.52. The Bertz CT molecular complexity index is 1340. The van der Waals surface area contributed by atoms with Crippen LogP contribution < -0.4 is 15.5 Å². The number of carbonyl (C=O) groups excluding carboxylic acids is 3. The van der Waals surface area contributed by atoms with Crippen LogP contribution in [0.25, 0.3) is 0 Å². The van der Waals surface area contributed by atoms with Gasteiger partial charge in [0.05, 0.1) is 6.04 Å². The zero-order valence-electron chi connectivity index (χ0n) is 21.9. The predicted molar refractivity (Wildman–Crippen MR) is 144 cm³/mol. The Labute approximate surface area is 226 Å². The molecule has 39 heavy (non-hydrogen) atoms. The quantitative estimate of drug-likeness (QED) is 0.318. The molecular weight excluding hydrogens is 500 g/mol. The second kappa shape index (κ2) is 12.4. The largest absolute Gasteiger partial charge is 0.465 e. The molecule has 0 saturated heterocycles. The number of ketones is 1. The van der Waals surface area contributed by atoms with E-state index in [-0.39, 0.29) is 36.3 Å². The predicted octanol–water partition coefficient (Wildman–Crippen LogP) is 3.86. The number of benzene rings is 2. The third-order valence-corrected chi connectivity index (χ3v) is 6.59. The molecule has 10 heteroatoms. The number of oxazole rings is 1. The highest BCUT2D eigenvalue weighted by atomic mass is 16.4. The molecule has 10 nitrogen and oxygen atoms in total.